The first-order valence-electron chi connectivity index (χ1n) is 7.76. The Morgan fingerprint density at radius 3 is 2.30 bits per heavy atom. The number of carbonyl (C=O) groups excluding carboxylic acids is 2. The zero-order chi connectivity index (χ0) is 14.8. The van der Waals surface area contributed by atoms with Crippen molar-refractivity contribution in [1.82, 2.24) is 0 Å². The van der Waals surface area contributed by atoms with Crippen molar-refractivity contribution in [3.63, 3.8) is 0 Å². The van der Waals surface area contributed by atoms with Gasteiger partial charge < -0.3 is 0 Å². The van der Waals surface area contributed by atoms with Gasteiger partial charge >= 0.3 is 0 Å². The standard InChI is InChI=1S/C18H26O2/c1-3-4-5-6-8-11-15(2)17(19)14-18(20)16-12-9-7-10-13-16/h7,9-10,12-13,15H,3-6,8,11,14H2,1-2H3. The fourth-order valence-electron chi connectivity index (χ4n) is 2.27. The van der Waals surface area contributed by atoms with E-state index in [0.717, 1.165) is 12.8 Å². The second-order valence-electron chi connectivity index (χ2n) is 5.54. The minimum atomic E-state index is -0.0616. The smallest absolute Gasteiger partial charge is 0.170 e. The lowest BCUT2D eigenvalue weighted by molar-refractivity contribution is -0.121. The third-order valence-corrected chi connectivity index (χ3v) is 3.72. The molecule has 2 heteroatoms. The number of rotatable bonds is 10. The summed E-state index contributed by atoms with van der Waals surface area (Å²) >= 11 is 0. The molecular weight excluding hydrogens is 248 g/mol. The Morgan fingerprint density at radius 1 is 1.00 bits per heavy atom. The van der Waals surface area contributed by atoms with Crippen LogP contribution in [-0.2, 0) is 4.79 Å². The van der Waals surface area contributed by atoms with Crippen molar-refractivity contribution >= 4 is 11.6 Å². The molecule has 0 aliphatic carbocycles. The van der Waals surface area contributed by atoms with Gasteiger partial charge in [0, 0.05) is 11.5 Å². The molecule has 1 aromatic carbocycles. The van der Waals surface area contributed by atoms with Crippen molar-refractivity contribution in [2.75, 3.05) is 0 Å². The highest BCUT2D eigenvalue weighted by molar-refractivity contribution is 6.08. The van der Waals surface area contributed by atoms with Gasteiger partial charge in [0.2, 0.25) is 0 Å². The summed E-state index contributed by atoms with van der Waals surface area (Å²) in [6.45, 7) is 4.14. The molecule has 0 aliphatic rings. The Balaban J connectivity index is 2.29. The van der Waals surface area contributed by atoms with Gasteiger partial charge in [-0.05, 0) is 6.42 Å². The molecule has 20 heavy (non-hydrogen) atoms. The summed E-state index contributed by atoms with van der Waals surface area (Å²) in [5.74, 6) is 0.0204. The van der Waals surface area contributed by atoms with E-state index >= 15 is 0 Å². The summed E-state index contributed by atoms with van der Waals surface area (Å²) in [5.41, 5.74) is 0.635. The summed E-state index contributed by atoms with van der Waals surface area (Å²) < 4.78 is 0. The fraction of sp³-hybridized carbons (Fsp3) is 0.556. The van der Waals surface area contributed by atoms with E-state index in [1.165, 1.54) is 25.7 Å². The summed E-state index contributed by atoms with van der Waals surface area (Å²) in [6, 6.07) is 9.07. The van der Waals surface area contributed by atoms with Crippen LogP contribution in [0.1, 0.15) is 69.2 Å². The van der Waals surface area contributed by atoms with E-state index in [-0.39, 0.29) is 23.9 Å². The molecule has 1 aromatic rings. The molecule has 0 aromatic heterocycles. The van der Waals surface area contributed by atoms with Gasteiger partial charge in [-0.25, -0.2) is 0 Å². The fourth-order valence-corrected chi connectivity index (χ4v) is 2.27. The van der Waals surface area contributed by atoms with Crippen molar-refractivity contribution in [3.8, 4) is 0 Å². The topological polar surface area (TPSA) is 34.1 Å². The molecule has 2 nitrogen and oxygen atoms in total. The van der Waals surface area contributed by atoms with Crippen LogP contribution in [-0.4, -0.2) is 11.6 Å². The number of hydrogen-bond donors (Lipinski definition) is 0. The van der Waals surface area contributed by atoms with Crippen LogP contribution in [0.25, 0.3) is 0 Å². The highest BCUT2D eigenvalue weighted by Gasteiger charge is 2.17. The van der Waals surface area contributed by atoms with Crippen molar-refractivity contribution in [1.29, 1.82) is 0 Å². The monoisotopic (exact) mass is 274 g/mol. The first-order valence-corrected chi connectivity index (χ1v) is 7.76. The minimum Gasteiger partial charge on any atom is -0.299 e. The first kappa shape index (κ1) is 16.6. The van der Waals surface area contributed by atoms with E-state index in [2.05, 4.69) is 6.92 Å². The molecule has 0 bridgehead atoms. The highest BCUT2D eigenvalue weighted by Crippen LogP contribution is 2.15. The van der Waals surface area contributed by atoms with E-state index in [1.807, 2.05) is 25.1 Å². The molecule has 0 N–H and O–H groups in total. The molecule has 0 heterocycles. The molecule has 0 spiro atoms. The van der Waals surface area contributed by atoms with Crippen molar-refractivity contribution in [3.05, 3.63) is 35.9 Å². The Bertz CT molecular complexity index is 409. The largest absolute Gasteiger partial charge is 0.299 e. The maximum absolute atomic E-state index is 12.0. The van der Waals surface area contributed by atoms with Crippen molar-refractivity contribution in [2.24, 2.45) is 5.92 Å². The zero-order valence-corrected chi connectivity index (χ0v) is 12.7. The van der Waals surface area contributed by atoms with Crippen LogP contribution in [0.2, 0.25) is 0 Å². The van der Waals surface area contributed by atoms with Gasteiger partial charge in [-0.1, -0.05) is 76.3 Å². The Labute approximate surface area is 122 Å². The normalized spacial score (nSPS) is 12.1. The Morgan fingerprint density at radius 2 is 1.65 bits per heavy atom. The molecular formula is C18H26O2. The third-order valence-electron chi connectivity index (χ3n) is 3.72. The molecule has 0 fully saturated rings. The average molecular weight is 274 g/mol. The van der Waals surface area contributed by atoms with Crippen LogP contribution in [0.4, 0.5) is 0 Å². The Kier molecular flexibility index (Phi) is 7.86. The maximum atomic E-state index is 12.0. The van der Waals surface area contributed by atoms with Gasteiger partial charge in [-0.3, -0.25) is 9.59 Å². The lowest BCUT2D eigenvalue weighted by Gasteiger charge is -2.09. The summed E-state index contributed by atoms with van der Waals surface area (Å²) in [4.78, 5) is 24.0. The van der Waals surface area contributed by atoms with Crippen LogP contribution in [0.3, 0.4) is 0 Å². The highest BCUT2D eigenvalue weighted by atomic mass is 16.1. The van der Waals surface area contributed by atoms with Crippen LogP contribution in [0.15, 0.2) is 30.3 Å². The lowest BCUT2D eigenvalue weighted by atomic mass is 9.94. The molecule has 1 rings (SSSR count). The second-order valence-corrected chi connectivity index (χ2v) is 5.54. The third kappa shape index (κ3) is 6.14. The zero-order valence-electron chi connectivity index (χ0n) is 12.7. The predicted molar refractivity (Wildman–Crippen MR) is 82.9 cm³/mol. The molecule has 0 amide bonds. The number of ketones is 2. The number of unbranched alkanes of at least 4 members (excludes halogenated alkanes) is 4. The number of hydrogen-bond acceptors (Lipinski definition) is 2. The molecule has 1 atom stereocenters. The summed E-state index contributed by atoms with van der Waals surface area (Å²) in [6.07, 6.45) is 6.99. The molecule has 0 saturated carbocycles. The minimum absolute atomic E-state index is 0.00397. The van der Waals surface area contributed by atoms with E-state index < -0.39 is 0 Å². The second kappa shape index (κ2) is 9.46. The lowest BCUT2D eigenvalue weighted by Crippen LogP contribution is -2.15. The van der Waals surface area contributed by atoms with E-state index in [0.29, 0.717) is 5.56 Å². The maximum Gasteiger partial charge on any atom is 0.170 e. The summed E-state index contributed by atoms with van der Waals surface area (Å²) in [7, 11) is 0. The Hall–Kier alpha value is -1.44. The van der Waals surface area contributed by atoms with E-state index in [4.69, 9.17) is 0 Å². The van der Waals surface area contributed by atoms with Crippen molar-refractivity contribution in [2.45, 2.75) is 58.8 Å². The molecule has 110 valence electrons. The van der Waals surface area contributed by atoms with Gasteiger partial charge in [-0.15, -0.1) is 0 Å². The molecule has 0 radical (unpaired) electrons. The van der Waals surface area contributed by atoms with Crippen LogP contribution < -0.4 is 0 Å². The van der Waals surface area contributed by atoms with Gasteiger partial charge in [0.25, 0.3) is 0 Å². The SMILES string of the molecule is CCCCCCCC(C)C(=O)CC(=O)c1ccccc1. The van der Waals surface area contributed by atoms with Crippen LogP contribution in [0, 0.1) is 5.92 Å². The average Bonchev–Trinajstić information content (AvgIpc) is 2.47. The summed E-state index contributed by atoms with van der Waals surface area (Å²) in [5, 5.41) is 0. The van der Waals surface area contributed by atoms with E-state index in [1.54, 1.807) is 12.1 Å². The predicted octanol–water partition coefficient (Wildman–Crippen LogP) is 4.83. The molecule has 0 saturated heterocycles. The van der Waals surface area contributed by atoms with Gasteiger partial charge in [0.1, 0.15) is 5.78 Å². The van der Waals surface area contributed by atoms with Crippen LogP contribution >= 0.6 is 0 Å². The quantitative estimate of drug-likeness (QED) is 0.348. The van der Waals surface area contributed by atoms with Gasteiger partial charge in [-0.2, -0.15) is 0 Å². The van der Waals surface area contributed by atoms with Crippen molar-refractivity contribution < 1.29 is 9.59 Å². The molecule has 1 unspecified atom stereocenters. The number of Topliss-reactive ketones (excluding diaryl/α,β-unsaturated/α-hetero) is 2. The number of benzene rings is 1. The first-order chi connectivity index (χ1) is 9.65. The van der Waals surface area contributed by atoms with Crippen LogP contribution in [0.5, 0.6) is 0 Å². The number of carbonyl (C=O) groups is 2. The van der Waals surface area contributed by atoms with Gasteiger partial charge in [0.05, 0.1) is 6.42 Å². The van der Waals surface area contributed by atoms with Gasteiger partial charge in [0.15, 0.2) is 5.78 Å². The molecule has 0 aliphatic heterocycles. The van der Waals surface area contributed by atoms with E-state index in [9.17, 15) is 9.59 Å².